The largest absolute Gasteiger partial charge is 0.382 e. The molecule has 4 rings (SSSR count). The highest BCUT2D eigenvalue weighted by Crippen LogP contribution is 2.44. The van der Waals surface area contributed by atoms with E-state index in [-0.39, 0.29) is 24.5 Å². The number of hydrogen-bond donors (Lipinski definition) is 2. The van der Waals surface area contributed by atoms with Crippen molar-refractivity contribution < 1.29 is 14.2 Å². The first kappa shape index (κ1) is 15.7. The second-order valence-corrected chi connectivity index (χ2v) is 6.65. The third-order valence-corrected chi connectivity index (χ3v) is 4.47. The van der Waals surface area contributed by atoms with Gasteiger partial charge in [0, 0.05) is 6.54 Å². The van der Waals surface area contributed by atoms with Gasteiger partial charge in [-0.15, -0.1) is 0 Å². The van der Waals surface area contributed by atoms with Crippen LogP contribution in [0.1, 0.15) is 25.9 Å². The fraction of sp³-hybridized carbons (Fsp3) is 0.667. The Kier molecular flexibility index (Phi) is 3.50. The first-order valence-corrected chi connectivity index (χ1v) is 8.02. The molecule has 9 heteroatoms. The molecule has 24 heavy (non-hydrogen) atoms. The van der Waals surface area contributed by atoms with E-state index in [0.29, 0.717) is 23.5 Å². The molecule has 0 radical (unpaired) electrons. The number of aryl methyl sites for hydroxylation is 1. The molecule has 0 bridgehead atoms. The van der Waals surface area contributed by atoms with Crippen LogP contribution in [0.4, 0.5) is 5.82 Å². The molecule has 1 unspecified atom stereocenters. The summed E-state index contributed by atoms with van der Waals surface area (Å²) in [5, 5.41) is 3.15. The van der Waals surface area contributed by atoms with Gasteiger partial charge in [0.2, 0.25) is 0 Å². The molecule has 2 aromatic heterocycles. The van der Waals surface area contributed by atoms with E-state index < -0.39 is 5.79 Å². The number of imidazole rings is 1. The van der Waals surface area contributed by atoms with E-state index in [0.717, 1.165) is 5.82 Å². The Morgan fingerprint density at radius 3 is 2.79 bits per heavy atom. The number of nitrogen functional groups attached to an aromatic ring is 1. The van der Waals surface area contributed by atoms with E-state index >= 15 is 0 Å². The molecule has 2 aliphatic heterocycles. The van der Waals surface area contributed by atoms with Crippen LogP contribution in [-0.2, 0) is 14.2 Å². The zero-order valence-corrected chi connectivity index (χ0v) is 14.2. The minimum Gasteiger partial charge on any atom is -0.382 e. The number of ether oxygens (including phenoxy) is 3. The summed E-state index contributed by atoms with van der Waals surface area (Å²) >= 11 is 0. The van der Waals surface area contributed by atoms with Gasteiger partial charge in [-0.2, -0.15) is 0 Å². The van der Waals surface area contributed by atoms with Crippen LogP contribution in [0.15, 0.2) is 6.33 Å². The SMILES string of the molecule is CNC[C@H]1O[C@@H](n2c(C)nc3c(N)ncnc32)[C@H]2OC(C)(C)OC12. The minimum atomic E-state index is -0.651. The average molecular weight is 334 g/mol. The number of fused-ring (bicyclic) bond motifs is 2. The molecule has 2 fully saturated rings. The number of likely N-dealkylation sites (N-methyl/N-ethyl adjacent to an activating group) is 1. The van der Waals surface area contributed by atoms with Crippen LogP contribution in [0.2, 0.25) is 0 Å². The molecule has 2 aromatic rings. The van der Waals surface area contributed by atoms with Crippen LogP contribution in [0, 0.1) is 6.92 Å². The molecule has 130 valence electrons. The molecule has 0 saturated carbocycles. The molecule has 2 aliphatic rings. The van der Waals surface area contributed by atoms with Gasteiger partial charge < -0.3 is 25.3 Å². The van der Waals surface area contributed by atoms with Gasteiger partial charge in [-0.25, -0.2) is 15.0 Å². The maximum absolute atomic E-state index is 6.24. The number of anilines is 1. The highest BCUT2D eigenvalue weighted by atomic mass is 16.8. The third-order valence-electron chi connectivity index (χ3n) is 4.47. The highest BCUT2D eigenvalue weighted by molar-refractivity contribution is 5.81. The number of nitrogens with zero attached hydrogens (tertiary/aromatic N) is 4. The summed E-state index contributed by atoms with van der Waals surface area (Å²) in [7, 11) is 1.89. The lowest BCUT2D eigenvalue weighted by molar-refractivity contribution is -0.195. The summed E-state index contributed by atoms with van der Waals surface area (Å²) in [6, 6.07) is 0. The lowest BCUT2D eigenvalue weighted by Gasteiger charge is -2.25. The number of hydrogen-bond acceptors (Lipinski definition) is 8. The molecule has 4 heterocycles. The molecular weight excluding hydrogens is 312 g/mol. The van der Waals surface area contributed by atoms with Gasteiger partial charge >= 0.3 is 0 Å². The fourth-order valence-electron chi connectivity index (χ4n) is 3.57. The van der Waals surface area contributed by atoms with Crippen LogP contribution >= 0.6 is 0 Å². The van der Waals surface area contributed by atoms with Crippen molar-refractivity contribution in [3.05, 3.63) is 12.2 Å². The Labute approximate surface area is 139 Å². The zero-order valence-electron chi connectivity index (χ0n) is 14.2. The smallest absolute Gasteiger partial charge is 0.167 e. The topological polar surface area (TPSA) is 109 Å². The molecule has 2 saturated heterocycles. The van der Waals surface area contributed by atoms with Crippen molar-refractivity contribution in [2.45, 2.75) is 51.1 Å². The summed E-state index contributed by atoms with van der Waals surface area (Å²) in [6.07, 6.45) is 0.527. The first-order chi connectivity index (χ1) is 11.4. The highest BCUT2D eigenvalue weighted by Gasteiger charge is 2.56. The molecular formula is C15H22N6O3. The fourth-order valence-corrected chi connectivity index (χ4v) is 3.57. The van der Waals surface area contributed by atoms with E-state index in [9.17, 15) is 0 Å². The van der Waals surface area contributed by atoms with Crippen LogP contribution in [-0.4, -0.2) is 57.2 Å². The molecule has 0 aliphatic carbocycles. The van der Waals surface area contributed by atoms with Crippen molar-refractivity contribution in [1.29, 1.82) is 0 Å². The third kappa shape index (κ3) is 2.27. The van der Waals surface area contributed by atoms with Crippen molar-refractivity contribution in [3.8, 4) is 0 Å². The predicted molar refractivity (Wildman–Crippen MR) is 86.1 cm³/mol. The summed E-state index contributed by atoms with van der Waals surface area (Å²) in [4.78, 5) is 12.9. The van der Waals surface area contributed by atoms with E-state index in [1.807, 2.05) is 32.4 Å². The minimum absolute atomic E-state index is 0.122. The molecule has 4 atom stereocenters. The standard InChI is InChI=1S/C15H22N6O3/c1-7-20-9-12(16)18-6-19-13(9)21(7)14-11-10(8(22-14)5-17-4)23-15(2,3)24-11/h6,8,10-11,14,17H,5H2,1-4H3,(H2,16,18,19)/t8-,10?,11+,14-/m1/s1. The molecule has 0 aromatic carbocycles. The number of rotatable bonds is 3. The van der Waals surface area contributed by atoms with Gasteiger partial charge in [-0.05, 0) is 27.8 Å². The van der Waals surface area contributed by atoms with Gasteiger partial charge in [0.1, 0.15) is 30.5 Å². The Morgan fingerprint density at radius 2 is 2.04 bits per heavy atom. The van der Waals surface area contributed by atoms with E-state index in [1.54, 1.807) is 0 Å². The monoisotopic (exact) mass is 334 g/mol. The Balaban J connectivity index is 1.79. The molecule has 0 amide bonds. The van der Waals surface area contributed by atoms with Crippen molar-refractivity contribution in [3.63, 3.8) is 0 Å². The summed E-state index contributed by atoms with van der Waals surface area (Å²) in [5.74, 6) is 0.452. The summed E-state index contributed by atoms with van der Waals surface area (Å²) in [5.41, 5.74) is 7.14. The van der Waals surface area contributed by atoms with Gasteiger partial charge in [0.15, 0.2) is 29.0 Å². The number of nitrogens with two attached hydrogens (primary N) is 1. The van der Waals surface area contributed by atoms with E-state index in [2.05, 4.69) is 20.3 Å². The first-order valence-electron chi connectivity index (χ1n) is 8.02. The number of nitrogens with one attached hydrogen (secondary N) is 1. The normalized spacial score (nSPS) is 31.7. The Bertz CT molecular complexity index is 776. The average Bonchev–Trinajstić information content (AvgIpc) is 3.10. The lowest BCUT2D eigenvalue weighted by Crippen LogP contribution is -2.36. The molecule has 3 N–H and O–H groups in total. The predicted octanol–water partition coefficient (Wildman–Crippen LogP) is 0.354. The van der Waals surface area contributed by atoms with Crippen molar-refractivity contribution in [2.24, 2.45) is 0 Å². The van der Waals surface area contributed by atoms with Gasteiger partial charge in [-0.3, -0.25) is 4.57 Å². The van der Waals surface area contributed by atoms with Crippen molar-refractivity contribution in [2.75, 3.05) is 19.3 Å². The van der Waals surface area contributed by atoms with E-state index in [4.69, 9.17) is 19.9 Å². The molecule has 0 spiro atoms. The number of aromatic nitrogens is 4. The van der Waals surface area contributed by atoms with Crippen LogP contribution in [0.3, 0.4) is 0 Å². The summed E-state index contributed by atoms with van der Waals surface area (Å²) < 4.78 is 20.4. The summed E-state index contributed by atoms with van der Waals surface area (Å²) in [6.45, 7) is 6.39. The van der Waals surface area contributed by atoms with Crippen LogP contribution < -0.4 is 11.1 Å². The molecule has 9 nitrogen and oxygen atoms in total. The maximum Gasteiger partial charge on any atom is 0.167 e. The Hall–Kier alpha value is -1.81. The van der Waals surface area contributed by atoms with Crippen LogP contribution in [0.5, 0.6) is 0 Å². The van der Waals surface area contributed by atoms with Gasteiger partial charge in [-0.1, -0.05) is 0 Å². The maximum atomic E-state index is 6.24. The second-order valence-electron chi connectivity index (χ2n) is 6.65. The van der Waals surface area contributed by atoms with Crippen molar-refractivity contribution in [1.82, 2.24) is 24.8 Å². The van der Waals surface area contributed by atoms with Gasteiger partial charge in [0.25, 0.3) is 0 Å². The van der Waals surface area contributed by atoms with Gasteiger partial charge in [0.05, 0.1) is 0 Å². The quantitative estimate of drug-likeness (QED) is 0.828. The van der Waals surface area contributed by atoms with Crippen molar-refractivity contribution >= 4 is 17.0 Å². The van der Waals surface area contributed by atoms with E-state index in [1.165, 1.54) is 6.33 Å². The second kappa shape index (κ2) is 5.35. The van der Waals surface area contributed by atoms with Crippen LogP contribution in [0.25, 0.3) is 11.2 Å². The zero-order chi connectivity index (χ0) is 17.1. The lowest BCUT2D eigenvalue weighted by atomic mass is 10.1. The Morgan fingerprint density at radius 1 is 1.29 bits per heavy atom.